The topological polar surface area (TPSA) is 35.8 Å². The first-order valence-corrected chi connectivity index (χ1v) is 7.25. The number of halogens is 2. The van der Waals surface area contributed by atoms with Crippen molar-refractivity contribution in [2.24, 2.45) is 5.92 Å². The summed E-state index contributed by atoms with van der Waals surface area (Å²) in [5, 5.41) is 11.9. The molecular weight excluding hydrogens is 258 g/mol. The zero-order valence-corrected chi connectivity index (χ0v) is 11.8. The van der Waals surface area contributed by atoms with Crippen molar-refractivity contribution in [2.75, 3.05) is 0 Å². The van der Waals surface area contributed by atoms with Gasteiger partial charge >= 0.3 is 0 Å². The number of hydrogen-bond donors (Lipinski definition) is 1. The van der Waals surface area contributed by atoms with Crippen LogP contribution < -0.4 is 5.32 Å². The summed E-state index contributed by atoms with van der Waals surface area (Å²) >= 11 is 0. The van der Waals surface area contributed by atoms with Gasteiger partial charge in [-0.05, 0) is 43.7 Å². The third-order valence-corrected chi connectivity index (χ3v) is 4.26. The summed E-state index contributed by atoms with van der Waals surface area (Å²) in [7, 11) is 0. The molecule has 1 aromatic carbocycles. The molecule has 0 spiro atoms. The molecule has 1 aromatic rings. The Hall–Kier alpha value is -1.47. The van der Waals surface area contributed by atoms with Gasteiger partial charge in [-0.15, -0.1) is 0 Å². The van der Waals surface area contributed by atoms with Crippen LogP contribution in [-0.2, 0) is 6.54 Å². The van der Waals surface area contributed by atoms with E-state index < -0.39 is 11.6 Å². The molecule has 0 bridgehead atoms. The van der Waals surface area contributed by atoms with Crippen LogP contribution in [0.1, 0.15) is 50.2 Å². The Morgan fingerprint density at radius 3 is 2.30 bits per heavy atom. The lowest BCUT2D eigenvalue weighted by atomic mass is 9.84. The molecule has 20 heavy (non-hydrogen) atoms. The molecular formula is C16H20F2N2. The quantitative estimate of drug-likeness (QED) is 0.906. The molecule has 0 radical (unpaired) electrons. The largest absolute Gasteiger partial charge is 0.310 e. The maximum atomic E-state index is 13.7. The van der Waals surface area contributed by atoms with Crippen molar-refractivity contribution >= 4 is 0 Å². The molecule has 2 nitrogen and oxygen atoms in total. The second kappa shape index (κ2) is 6.81. The van der Waals surface area contributed by atoms with E-state index >= 15 is 0 Å². The third-order valence-electron chi connectivity index (χ3n) is 4.26. The number of hydrogen-bond acceptors (Lipinski definition) is 2. The minimum atomic E-state index is -0.642. The molecule has 2 rings (SSSR count). The van der Waals surface area contributed by atoms with Gasteiger partial charge in [-0.2, -0.15) is 5.26 Å². The van der Waals surface area contributed by atoms with Crippen molar-refractivity contribution < 1.29 is 8.78 Å². The zero-order valence-electron chi connectivity index (χ0n) is 11.8. The average Bonchev–Trinajstić information content (AvgIpc) is 2.46. The van der Waals surface area contributed by atoms with Gasteiger partial charge in [-0.1, -0.05) is 13.3 Å². The molecule has 0 saturated heterocycles. The second-order valence-electron chi connectivity index (χ2n) is 5.54. The van der Waals surface area contributed by atoms with Crippen molar-refractivity contribution in [3.63, 3.8) is 0 Å². The van der Waals surface area contributed by atoms with Crippen LogP contribution in [-0.4, -0.2) is 6.04 Å². The second-order valence-corrected chi connectivity index (χ2v) is 5.54. The van der Waals surface area contributed by atoms with Gasteiger partial charge in [0.1, 0.15) is 11.6 Å². The van der Waals surface area contributed by atoms with Crippen LogP contribution in [0.3, 0.4) is 0 Å². The number of nitrogens with zero attached hydrogens (tertiary/aromatic N) is 1. The van der Waals surface area contributed by atoms with E-state index in [1.807, 2.05) is 0 Å². The minimum absolute atomic E-state index is 0.0206. The highest BCUT2D eigenvalue weighted by Gasteiger charge is 2.20. The van der Waals surface area contributed by atoms with Crippen LogP contribution in [0.4, 0.5) is 8.78 Å². The lowest BCUT2D eigenvalue weighted by molar-refractivity contribution is 0.283. The van der Waals surface area contributed by atoms with E-state index in [0.29, 0.717) is 6.04 Å². The Morgan fingerprint density at radius 1 is 1.20 bits per heavy atom. The van der Waals surface area contributed by atoms with E-state index in [9.17, 15) is 8.78 Å². The van der Waals surface area contributed by atoms with Crippen LogP contribution in [0.15, 0.2) is 12.1 Å². The summed E-state index contributed by atoms with van der Waals surface area (Å²) in [6, 6.07) is 4.27. The highest BCUT2D eigenvalue weighted by atomic mass is 19.1. The van der Waals surface area contributed by atoms with E-state index in [2.05, 4.69) is 12.2 Å². The van der Waals surface area contributed by atoms with Gasteiger partial charge in [0, 0.05) is 18.2 Å². The lowest BCUT2D eigenvalue weighted by Crippen LogP contribution is -2.33. The van der Waals surface area contributed by atoms with Crippen LogP contribution in [0.2, 0.25) is 0 Å². The summed E-state index contributed by atoms with van der Waals surface area (Å²) in [5.74, 6) is -0.482. The molecule has 1 N–H and O–H groups in total. The Bertz CT molecular complexity index is 477. The summed E-state index contributed by atoms with van der Waals surface area (Å²) in [5.41, 5.74) is 0.0498. The molecule has 0 amide bonds. The van der Waals surface area contributed by atoms with E-state index in [0.717, 1.165) is 30.9 Å². The smallest absolute Gasteiger partial charge is 0.131 e. The van der Waals surface area contributed by atoms with E-state index in [1.54, 1.807) is 6.07 Å². The van der Waals surface area contributed by atoms with E-state index in [4.69, 9.17) is 5.26 Å². The van der Waals surface area contributed by atoms with Gasteiger partial charge in [0.2, 0.25) is 0 Å². The predicted molar refractivity (Wildman–Crippen MR) is 73.9 cm³/mol. The van der Waals surface area contributed by atoms with Crippen molar-refractivity contribution in [3.05, 3.63) is 34.9 Å². The maximum Gasteiger partial charge on any atom is 0.131 e. The molecule has 1 aliphatic carbocycles. The first-order valence-electron chi connectivity index (χ1n) is 7.25. The summed E-state index contributed by atoms with van der Waals surface area (Å²) in [4.78, 5) is 0. The van der Waals surface area contributed by atoms with Crippen molar-refractivity contribution in [3.8, 4) is 6.07 Å². The molecule has 108 valence electrons. The first kappa shape index (κ1) is 14.9. The van der Waals surface area contributed by atoms with Gasteiger partial charge in [-0.25, -0.2) is 8.78 Å². The molecule has 1 saturated carbocycles. The van der Waals surface area contributed by atoms with Crippen molar-refractivity contribution in [1.82, 2.24) is 5.32 Å². The van der Waals surface area contributed by atoms with Gasteiger partial charge in [0.05, 0.1) is 11.6 Å². The number of rotatable bonds is 4. The monoisotopic (exact) mass is 278 g/mol. The lowest BCUT2D eigenvalue weighted by Gasteiger charge is -2.28. The van der Waals surface area contributed by atoms with Gasteiger partial charge in [0.15, 0.2) is 0 Å². The Balaban J connectivity index is 1.93. The zero-order chi connectivity index (χ0) is 14.5. The highest BCUT2D eigenvalue weighted by molar-refractivity contribution is 5.34. The Labute approximate surface area is 118 Å². The highest BCUT2D eigenvalue weighted by Crippen LogP contribution is 2.27. The molecule has 0 atom stereocenters. The maximum absolute atomic E-state index is 13.7. The normalized spacial score (nSPS) is 22.5. The standard InChI is InChI=1S/C16H20F2N2/c1-2-11-3-5-13(6-4-11)20-10-14-15(17)7-12(9-19)8-16(14)18/h7-8,11,13,20H,2-6,10H2,1H3. The molecule has 4 heteroatoms. The molecule has 1 aliphatic rings. The molecule has 0 heterocycles. The van der Waals surface area contributed by atoms with Crippen LogP contribution in [0, 0.1) is 28.9 Å². The van der Waals surface area contributed by atoms with Crippen molar-refractivity contribution in [2.45, 2.75) is 51.6 Å². The SMILES string of the molecule is CCC1CCC(NCc2c(F)cc(C#N)cc2F)CC1. The first-order chi connectivity index (χ1) is 9.63. The summed E-state index contributed by atoms with van der Waals surface area (Å²) in [6.45, 7) is 2.39. The number of nitriles is 1. The van der Waals surface area contributed by atoms with E-state index in [-0.39, 0.29) is 17.7 Å². The molecule has 0 aromatic heterocycles. The van der Waals surface area contributed by atoms with E-state index in [1.165, 1.54) is 19.3 Å². The minimum Gasteiger partial charge on any atom is -0.310 e. The molecule has 1 fully saturated rings. The fraction of sp³-hybridized carbons (Fsp3) is 0.562. The Kier molecular flexibility index (Phi) is 5.08. The fourth-order valence-electron chi connectivity index (χ4n) is 2.86. The summed E-state index contributed by atoms with van der Waals surface area (Å²) < 4.78 is 27.5. The number of nitrogens with one attached hydrogen (secondary N) is 1. The number of benzene rings is 1. The molecule has 0 aliphatic heterocycles. The Morgan fingerprint density at radius 2 is 1.80 bits per heavy atom. The van der Waals surface area contributed by atoms with Crippen LogP contribution >= 0.6 is 0 Å². The third kappa shape index (κ3) is 3.55. The summed E-state index contributed by atoms with van der Waals surface area (Å²) in [6.07, 6.45) is 5.72. The van der Waals surface area contributed by atoms with Crippen molar-refractivity contribution in [1.29, 1.82) is 5.26 Å². The fourth-order valence-corrected chi connectivity index (χ4v) is 2.86. The predicted octanol–water partition coefficient (Wildman–Crippen LogP) is 3.89. The van der Waals surface area contributed by atoms with Crippen LogP contribution in [0.25, 0.3) is 0 Å². The van der Waals surface area contributed by atoms with Gasteiger partial charge in [0.25, 0.3) is 0 Å². The molecule has 0 unspecified atom stereocenters. The van der Waals surface area contributed by atoms with Gasteiger partial charge in [-0.3, -0.25) is 0 Å². The average molecular weight is 278 g/mol. The van der Waals surface area contributed by atoms with Gasteiger partial charge < -0.3 is 5.32 Å². The van der Waals surface area contributed by atoms with Crippen LogP contribution in [0.5, 0.6) is 0 Å².